The largest absolute Gasteiger partial charge is 0.328 e. The zero-order chi connectivity index (χ0) is 36.7. The van der Waals surface area contributed by atoms with Crippen LogP contribution in [0.1, 0.15) is 81.3 Å². The minimum atomic E-state index is -0.859. The van der Waals surface area contributed by atoms with E-state index in [-0.39, 0.29) is 148 Å². The van der Waals surface area contributed by atoms with E-state index in [1.54, 1.807) is 12.1 Å². The average Bonchev–Trinajstić information content (AvgIpc) is 3.19. The molecule has 0 heterocycles. The third kappa shape index (κ3) is 13.7. The van der Waals surface area contributed by atoms with Crippen LogP contribution in [-0.4, -0.2) is 0 Å². The molecule has 0 saturated heterocycles. The molecule has 282 valence electrons. The van der Waals surface area contributed by atoms with Crippen LogP contribution in [0.2, 0.25) is 0 Å². The van der Waals surface area contributed by atoms with Crippen molar-refractivity contribution in [3.8, 4) is 44.5 Å². The first-order valence-electron chi connectivity index (χ1n) is 18.8. The van der Waals surface area contributed by atoms with Crippen molar-refractivity contribution >= 4 is 0 Å². The van der Waals surface area contributed by atoms with Crippen molar-refractivity contribution in [2.45, 2.75) is 70.1 Å². The second-order valence-corrected chi connectivity index (χ2v) is 14.6. The maximum absolute atomic E-state index is 14.8. The zero-order valence-electron chi connectivity index (χ0n) is 32.3. The predicted molar refractivity (Wildman–Crippen MR) is 208 cm³/mol. The molecule has 0 N–H and O–H groups in total. The van der Waals surface area contributed by atoms with Gasteiger partial charge in [0, 0.05) is 148 Å². The molecule has 57 heavy (non-hydrogen) atoms. The molecule has 0 bridgehead atoms. The Morgan fingerprint density at radius 1 is 0.456 bits per heavy atom. The molecular weight excluding hydrogens is 1020 g/mol. The van der Waals surface area contributed by atoms with Gasteiger partial charge in [0.2, 0.25) is 0 Å². The summed E-state index contributed by atoms with van der Waals surface area (Å²) in [5.74, 6) is -0.239. The molecule has 0 aliphatic heterocycles. The van der Waals surface area contributed by atoms with Crippen molar-refractivity contribution < 1.29 is 148 Å². The first-order chi connectivity index (χ1) is 25.8. The SMILES string of the molecule is CC1CCC(c2ccc(-c3ccc(C4CC[CH-]CC4)cc3F)cc2)CC1.Fc1[c-]c(F)cc(-c2ccc(-c3ccc(-c4cc[c-]cc4)cc3)cc2F)c1.[Y].[Y].[Y].[Y]. The molecule has 0 amide bonds. The van der Waals surface area contributed by atoms with Gasteiger partial charge in [-0.2, -0.15) is 43.2 Å². The molecule has 8 heteroatoms. The quantitative estimate of drug-likeness (QED) is 0.115. The number of rotatable bonds is 6. The molecular formula is C49H43F4Y4-3. The zero-order valence-corrected chi connectivity index (χ0v) is 43.7. The fourth-order valence-corrected chi connectivity index (χ4v) is 7.83. The van der Waals surface area contributed by atoms with Crippen LogP contribution < -0.4 is 0 Å². The Morgan fingerprint density at radius 2 is 0.912 bits per heavy atom. The topological polar surface area (TPSA) is 0 Å². The van der Waals surface area contributed by atoms with Gasteiger partial charge in [0.05, 0.1) is 0 Å². The number of halogens is 4. The molecule has 4 radical (unpaired) electrons. The molecule has 6 aromatic rings. The summed E-state index contributed by atoms with van der Waals surface area (Å²) < 4.78 is 56.0. The fraction of sp³-hybridized carbons (Fsp3) is 0.245. The third-order valence-corrected chi connectivity index (χ3v) is 11.0. The smallest absolute Gasteiger partial charge is 0.131 e. The Bertz CT molecular complexity index is 2110. The molecule has 0 aromatic heterocycles. The minimum Gasteiger partial charge on any atom is -0.328 e. The van der Waals surface area contributed by atoms with Crippen LogP contribution in [0.25, 0.3) is 44.5 Å². The van der Waals surface area contributed by atoms with E-state index >= 15 is 0 Å². The summed E-state index contributed by atoms with van der Waals surface area (Å²) in [5.41, 5.74) is 8.29. The normalized spacial score (nSPS) is 16.3. The van der Waals surface area contributed by atoms with E-state index in [4.69, 9.17) is 0 Å². The van der Waals surface area contributed by atoms with Gasteiger partial charge >= 0.3 is 0 Å². The molecule has 2 aliphatic carbocycles. The second kappa shape index (κ2) is 24.8. The summed E-state index contributed by atoms with van der Waals surface area (Å²) in [5, 5.41) is 0. The summed E-state index contributed by atoms with van der Waals surface area (Å²) in [6.45, 7) is 2.36. The summed E-state index contributed by atoms with van der Waals surface area (Å²) in [6.07, 6.45) is 12.3. The molecule has 0 nitrogen and oxygen atoms in total. The van der Waals surface area contributed by atoms with Crippen LogP contribution in [0.4, 0.5) is 17.6 Å². The Morgan fingerprint density at radius 3 is 1.49 bits per heavy atom. The van der Waals surface area contributed by atoms with Crippen LogP contribution in [0.15, 0.2) is 121 Å². The van der Waals surface area contributed by atoms with E-state index in [0.717, 1.165) is 71.6 Å². The first-order valence-corrected chi connectivity index (χ1v) is 18.8. The molecule has 0 unspecified atom stereocenters. The Hall–Kier alpha value is -0.544. The molecule has 2 aliphatic rings. The Labute approximate surface area is 437 Å². The van der Waals surface area contributed by atoms with Crippen molar-refractivity contribution in [1.29, 1.82) is 0 Å². The number of hydrogen-bond donors (Lipinski definition) is 0. The van der Waals surface area contributed by atoms with Crippen molar-refractivity contribution in [1.82, 2.24) is 0 Å². The van der Waals surface area contributed by atoms with Gasteiger partial charge in [-0.3, -0.25) is 0 Å². The van der Waals surface area contributed by atoms with Gasteiger partial charge < -0.3 is 6.42 Å². The van der Waals surface area contributed by atoms with E-state index in [2.05, 4.69) is 49.7 Å². The monoisotopic (exact) mass is 1060 g/mol. The van der Waals surface area contributed by atoms with E-state index in [1.807, 2.05) is 60.7 Å². The summed E-state index contributed by atoms with van der Waals surface area (Å²) in [6, 6.07) is 41.6. The first kappa shape index (κ1) is 50.8. The Balaban J connectivity index is 0.000000285. The van der Waals surface area contributed by atoms with Crippen molar-refractivity contribution in [3.05, 3.63) is 174 Å². The van der Waals surface area contributed by atoms with Gasteiger partial charge in [0.25, 0.3) is 0 Å². The van der Waals surface area contributed by atoms with E-state index in [9.17, 15) is 17.6 Å². The Kier molecular flexibility index (Phi) is 22.1. The van der Waals surface area contributed by atoms with E-state index < -0.39 is 17.5 Å². The van der Waals surface area contributed by atoms with E-state index in [1.165, 1.54) is 48.9 Å². The van der Waals surface area contributed by atoms with E-state index in [0.29, 0.717) is 17.4 Å². The van der Waals surface area contributed by atoms with Crippen LogP contribution in [0.5, 0.6) is 0 Å². The second-order valence-electron chi connectivity index (χ2n) is 14.6. The molecule has 2 saturated carbocycles. The third-order valence-electron chi connectivity index (χ3n) is 11.0. The van der Waals surface area contributed by atoms with Crippen molar-refractivity contribution in [2.24, 2.45) is 5.92 Å². The number of hydrogen-bond acceptors (Lipinski definition) is 0. The molecule has 2 fully saturated rings. The fourth-order valence-electron chi connectivity index (χ4n) is 7.83. The summed E-state index contributed by atoms with van der Waals surface area (Å²) >= 11 is 0. The summed E-state index contributed by atoms with van der Waals surface area (Å²) in [4.78, 5) is 0. The minimum absolute atomic E-state index is 0. The van der Waals surface area contributed by atoms with Crippen LogP contribution >= 0.6 is 0 Å². The molecule has 6 aromatic carbocycles. The van der Waals surface area contributed by atoms with Gasteiger partial charge in [-0.15, -0.1) is 29.3 Å². The average molecular weight is 1060 g/mol. The maximum Gasteiger partial charge on any atom is 0.131 e. The van der Waals surface area contributed by atoms with Gasteiger partial charge in [0.1, 0.15) is 11.6 Å². The molecule has 8 rings (SSSR count). The number of benzene rings is 6. The predicted octanol–water partition coefficient (Wildman–Crippen LogP) is 14.3. The molecule has 0 spiro atoms. The van der Waals surface area contributed by atoms with Gasteiger partial charge in [-0.1, -0.05) is 105 Å². The van der Waals surface area contributed by atoms with Crippen LogP contribution in [-0.2, 0) is 131 Å². The van der Waals surface area contributed by atoms with Crippen LogP contribution in [0, 0.1) is 47.7 Å². The van der Waals surface area contributed by atoms with Gasteiger partial charge in [0.15, 0.2) is 0 Å². The van der Waals surface area contributed by atoms with Crippen LogP contribution in [0.3, 0.4) is 0 Å². The van der Waals surface area contributed by atoms with Gasteiger partial charge in [-0.25, -0.2) is 17.6 Å². The maximum atomic E-state index is 14.8. The standard InChI is InChI=1S/C25H30F.C24H13F3.4Y/c1-18-7-9-20(10-8-18)21-11-13-22(14-12-21)24-16-15-23(17-25(24)26)19-5-3-2-4-6-19;25-21-12-20(13-22(26)15-21)23-11-10-19(14-24(23)27)18-8-6-17(7-9-18)16-4-2-1-3-5-16;;;;/h2,11-20H,3-10H2,1H3;2-14H;;;;/q-1;-2;;;;. The van der Waals surface area contributed by atoms with Crippen molar-refractivity contribution in [2.75, 3.05) is 0 Å². The molecule has 0 atom stereocenters. The van der Waals surface area contributed by atoms with Gasteiger partial charge in [-0.05, 0) is 81.7 Å². The summed E-state index contributed by atoms with van der Waals surface area (Å²) in [7, 11) is 0. The van der Waals surface area contributed by atoms with Crippen molar-refractivity contribution in [3.63, 3.8) is 0 Å².